The topological polar surface area (TPSA) is 41.5 Å². The molecule has 0 amide bonds. The van der Waals surface area contributed by atoms with Gasteiger partial charge in [-0.25, -0.2) is 0 Å². The first kappa shape index (κ1) is 13.7. The molecule has 0 saturated carbocycles. The second-order valence-corrected chi connectivity index (χ2v) is 7.42. The summed E-state index contributed by atoms with van der Waals surface area (Å²) in [6.07, 6.45) is 3.20. The summed E-state index contributed by atoms with van der Waals surface area (Å²) in [7, 11) is 1.61. The summed E-state index contributed by atoms with van der Waals surface area (Å²) in [5.41, 5.74) is 1.44. The van der Waals surface area contributed by atoms with Crippen LogP contribution in [0.1, 0.15) is 29.3 Å². The van der Waals surface area contributed by atoms with E-state index in [2.05, 4.69) is 34.0 Å². The summed E-state index contributed by atoms with van der Waals surface area (Å²) in [6, 6.07) is 2.69. The minimum Gasteiger partial charge on any atom is -0.389 e. The zero-order valence-electron chi connectivity index (χ0n) is 9.91. The molecule has 0 bridgehead atoms. The highest BCUT2D eigenvalue weighted by molar-refractivity contribution is 14.1. The van der Waals surface area contributed by atoms with Crippen molar-refractivity contribution in [2.45, 2.75) is 31.4 Å². The standard InChI is InChI=1S/C12H18INO2S/c1-16-7-8(15)6-14-10-3-2-4-11-9(10)5-12(13)17-11/h5,8,10,14-15H,2-4,6-7H2,1H3. The van der Waals surface area contributed by atoms with Gasteiger partial charge in [-0.2, -0.15) is 0 Å². The van der Waals surface area contributed by atoms with Crippen LogP contribution in [-0.2, 0) is 11.2 Å². The number of nitrogens with one attached hydrogen (secondary N) is 1. The Bertz CT molecular complexity index is 369. The van der Waals surface area contributed by atoms with E-state index in [9.17, 15) is 5.11 Å². The first-order chi connectivity index (χ1) is 8.20. The Balaban J connectivity index is 1.94. The van der Waals surface area contributed by atoms with Crippen molar-refractivity contribution in [2.75, 3.05) is 20.3 Å². The van der Waals surface area contributed by atoms with Crippen molar-refractivity contribution in [3.8, 4) is 0 Å². The number of halogens is 1. The van der Waals surface area contributed by atoms with Gasteiger partial charge in [-0.3, -0.25) is 0 Å². The van der Waals surface area contributed by atoms with Gasteiger partial charge in [-0.15, -0.1) is 11.3 Å². The average Bonchev–Trinajstić information content (AvgIpc) is 2.67. The number of fused-ring (bicyclic) bond motifs is 1. The Hall–Kier alpha value is 0.310. The third-order valence-corrected chi connectivity index (χ3v) is 5.01. The lowest BCUT2D eigenvalue weighted by molar-refractivity contribution is 0.0623. The van der Waals surface area contributed by atoms with Crippen molar-refractivity contribution in [1.82, 2.24) is 5.32 Å². The zero-order valence-corrected chi connectivity index (χ0v) is 12.9. The summed E-state index contributed by atoms with van der Waals surface area (Å²) in [5.74, 6) is 0. The summed E-state index contributed by atoms with van der Waals surface area (Å²) in [6.45, 7) is 0.998. The number of ether oxygens (including phenoxy) is 1. The summed E-state index contributed by atoms with van der Waals surface area (Å²) in [5, 5.41) is 13.1. The van der Waals surface area contributed by atoms with Crippen LogP contribution in [0.3, 0.4) is 0 Å². The van der Waals surface area contributed by atoms with Gasteiger partial charge < -0.3 is 15.2 Å². The van der Waals surface area contributed by atoms with Crippen molar-refractivity contribution < 1.29 is 9.84 Å². The van der Waals surface area contributed by atoms with Gasteiger partial charge in [-0.1, -0.05) is 0 Å². The van der Waals surface area contributed by atoms with E-state index in [-0.39, 0.29) is 0 Å². The maximum Gasteiger partial charge on any atom is 0.0897 e. The number of hydrogen-bond donors (Lipinski definition) is 2. The van der Waals surface area contributed by atoms with Crippen LogP contribution in [0.2, 0.25) is 0 Å². The molecule has 0 aromatic carbocycles. The lowest BCUT2D eigenvalue weighted by Gasteiger charge is -2.24. The van der Waals surface area contributed by atoms with Crippen molar-refractivity contribution in [3.05, 3.63) is 19.4 Å². The van der Waals surface area contributed by atoms with E-state index in [0.717, 1.165) is 0 Å². The first-order valence-electron chi connectivity index (χ1n) is 5.89. The Kier molecular flexibility index (Phi) is 5.23. The molecule has 3 nitrogen and oxygen atoms in total. The summed E-state index contributed by atoms with van der Waals surface area (Å²) in [4.78, 5) is 1.51. The van der Waals surface area contributed by atoms with Crippen LogP contribution in [0.25, 0.3) is 0 Å². The maximum atomic E-state index is 9.65. The Labute approximate surface area is 120 Å². The highest BCUT2D eigenvalue weighted by Gasteiger charge is 2.22. The molecule has 96 valence electrons. The van der Waals surface area contributed by atoms with Gasteiger partial charge in [0, 0.05) is 24.6 Å². The number of methoxy groups -OCH3 is 1. The Morgan fingerprint density at radius 3 is 3.29 bits per heavy atom. The van der Waals surface area contributed by atoms with Crippen LogP contribution in [0.15, 0.2) is 6.07 Å². The van der Waals surface area contributed by atoms with Gasteiger partial charge in [-0.05, 0) is 53.5 Å². The molecule has 5 heteroatoms. The van der Waals surface area contributed by atoms with E-state index in [4.69, 9.17) is 4.74 Å². The van der Waals surface area contributed by atoms with E-state index in [0.29, 0.717) is 19.2 Å². The average molecular weight is 367 g/mol. The molecule has 0 fully saturated rings. The van der Waals surface area contributed by atoms with Crippen LogP contribution in [-0.4, -0.2) is 31.5 Å². The first-order valence-corrected chi connectivity index (χ1v) is 7.78. The van der Waals surface area contributed by atoms with Gasteiger partial charge in [0.05, 0.1) is 15.6 Å². The molecular weight excluding hydrogens is 349 g/mol. The van der Waals surface area contributed by atoms with Crippen LogP contribution < -0.4 is 5.32 Å². The Morgan fingerprint density at radius 2 is 2.53 bits per heavy atom. The van der Waals surface area contributed by atoms with Crippen LogP contribution >= 0.6 is 33.9 Å². The predicted molar refractivity (Wildman–Crippen MR) is 78.6 cm³/mol. The third kappa shape index (κ3) is 3.64. The molecule has 0 aliphatic heterocycles. The highest BCUT2D eigenvalue weighted by Crippen LogP contribution is 2.36. The number of thiophene rings is 1. The van der Waals surface area contributed by atoms with Crippen molar-refractivity contribution in [2.24, 2.45) is 0 Å². The van der Waals surface area contributed by atoms with Crippen molar-refractivity contribution >= 4 is 33.9 Å². The molecular formula is C12H18INO2S. The van der Waals surface area contributed by atoms with Gasteiger partial charge in [0.15, 0.2) is 0 Å². The van der Waals surface area contributed by atoms with Gasteiger partial charge in [0.25, 0.3) is 0 Å². The zero-order chi connectivity index (χ0) is 12.3. The van der Waals surface area contributed by atoms with Gasteiger partial charge >= 0.3 is 0 Å². The van der Waals surface area contributed by atoms with Crippen molar-refractivity contribution in [3.63, 3.8) is 0 Å². The fraction of sp³-hybridized carbons (Fsp3) is 0.667. The molecule has 2 N–H and O–H groups in total. The van der Waals surface area contributed by atoms with Crippen LogP contribution in [0.4, 0.5) is 0 Å². The predicted octanol–water partition coefficient (Wildman–Crippen LogP) is 2.33. The largest absolute Gasteiger partial charge is 0.389 e. The molecule has 2 rings (SSSR count). The summed E-state index contributed by atoms with van der Waals surface area (Å²) >= 11 is 4.29. The molecule has 0 saturated heterocycles. The number of rotatable bonds is 5. The van der Waals surface area contributed by atoms with E-state index in [1.807, 2.05) is 11.3 Å². The monoisotopic (exact) mass is 367 g/mol. The van der Waals surface area contributed by atoms with E-state index < -0.39 is 6.10 Å². The van der Waals surface area contributed by atoms with Crippen LogP contribution in [0.5, 0.6) is 0 Å². The van der Waals surface area contributed by atoms with Gasteiger partial charge in [0.1, 0.15) is 0 Å². The lowest BCUT2D eigenvalue weighted by atomic mass is 9.94. The minimum absolute atomic E-state index is 0.397. The second kappa shape index (κ2) is 6.47. The minimum atomic E-state index is -0.414. The molecule has 2 atom stereocenters. The molecule has 1 heterocycles. The molecule has 0 spiro atoms. The fourth-order valence-corrected chi connectivity index (χ4v) is 4.38. The lowest BCUT2D eigenvalue weighted by Crippen LogP contribution is -2.34. The third-order valence-electron chi connectivity index (χ3n) is 3.04. The number of aliphatic hydroxyl groups is 1. The molecule has 17 heavy (non-hydrogen) atoms. The second-order valence-electron chi connectivity index (χ2n) is 4.39. The van der Waals surface area contributed by atoms with Crippen molar-refractivity contribution in [1.29, 1.82) is 0 Å². The van der Waals surface area contributed by atoms with Gasteiger partial charge in [0.2, 0.25) is 0 Å². The Morgan fingerprint density at radius 1 is 1.71 bits per heavy atom. The molecule has 1 aromatic rings. The smallest absolute Gasteiger partial charge is 0.0897 e. The van der Waals surface area contributed by atoms with E-state index in [1.54, 1.807) is 7.11 Å². The molecule has 0 radical (unpaired) electrons. The van der Waals surface area contributed by atoms with Crippen LogP contribution in [0, 0.1) is 2.88 Å². The number of hydrogen-bond acceptors (Lipinski definition) is 4. The quantitative estimate of drug-likeness (QED) is 0.785. The number of aliphatic hydroxyl groups excluding tert-OH is 1. The SMILES string of the molecule is COCC(O)CNC1CCCc2sc(I)cc21. The molecule has 2 unspecified atom stereocenters. The van der Waals surface area contributed by atoms with E-state index >= 15 is 0 Å². The molecule has 1 aliphatic rings. The normalized spacial score (nSPS) is 21.2. The maximum absolute atomic E-state index is 9.65. The summed E-state index contributed by atoms with van der Waals surface area (Å²) < 4.78 is 6.29. The number of aryl methyl sites for hydroxylation is 1. The highest BCUT2D eigenvalue weighted by atomic mass is 127. The molecule has 1 aliphatic carbocycles. The van der Waals surface area contributed by atoms with E-state index in [1.165, 1.54) is 32.6 Å². The molecule has 1 aromatic heterocycles. The fourth-order valence-electron chi connectivity index (χ4n) is 2.26.